The number of carbonyl (C=O) groups excluding carboxylic acids is 1. The highest BCUT2D eigenvalue weighted by Gasteiger charge is 2.29. The smallest absolute Gasteiger partial charge is 0.221 e. The third-order valence-corrected chi connectivity index (χ3v) is 4.89. The fraction of sp³-hybridized carbons (Fsp3) is 0.444. The van der Waals surface area contributed by atoms with Gasteiger partial charge in [0.05, 0.1) is 25.0 Å². The number of nitrogens with zero attached hydrogens (tertiary/aromatic N) is 6. The van der Waals surface area contributed by atoms with Crippen molar-refractivity contribution in [2.75, 3.05) is 24.5 Å². The second-order valence-electron chi connectivity index (χ2n) is 6.73. The number of aromatic nitrogens is 3. The minimum absolute atomic E-state index is 0.0617. The number of hydrogen-bond acceptors (Lipinski definition) is 6. The standard InChI is InChI=1S/C18H21FN6O2/c1-13(26)25-9-8-23(12-18(25)19)15-4-2-14(3-5-15)17-10-16(27-21-17)11-24-7-6-20-22-24/h2-7,16,18H,8-12H2,1H3. The van der Waals surface area contributed by atoms with Crippen molar-refractivity contribution >= 4 is 17.3 Å². The molecule has 27 heavy (non-hydrogen) atoms. The number of rotatable bonds is 4. The molecule has 1 aromatic carbocycles. The van der Waals surface area contributed by atoms with Crippen LogP contribution in [0, 0.1) is 0 Å². The molecule has 0 aliphatic carbocycles. The average molecular weight is 372 g/mol. The highest BCUT2D eigenvalue weighted by molar-refractivity contribution is 6.01. The molecule has 2 atom stereocenters. The van der Waals surface area contributed by atoms with Gasteiger partial charge in [-0.2, -0.15) is 0 Å². The molecule has 1 fully saturated rings. The number of amides is 1. The zero-order valence-electron chi connectivity index (χ0n) is 15.0. The lowest BCUT2D eigenvalue weighted by atomic mass is 10.0. The van der Waals surface area contributed by atoms with Gasteiger partial charge in [0.1, 0.15) is 0 Å². The molecular formula is C18H21FN6O2. The Morgan fingerprint density at radius 1 is 1.30 bits per heavy atom. The number of piperazine rings is 1. The minimum atomic E-state index is -1.28. The van der Waals surface area contributed by atoms with Crippen molar-refractivity contribution in [3.05, 3.63) is 42.2 Å². The maximum atomic E-state index is 14.2. The summed E-state index contributed by atoms with van der Waals surface area (Å²) in [5.74, 6) is -0.225. The van der Waals surface area contributed by atoms with Crippen LogP contribution >= 0.6 is 0 Å². The molecular weight excluding hydrogens is 351 g/mol. The summed E-state index contributed by atoms with van der Waals surface area (Å²) in [5, 5.41) is 11.9. The first-order valence-electron chi connectivity index (χ1n) is 8.93. The van der Waals surface area contributed by atoms with Crippen LogP contribution in [0.2, 0.25) is 0 Å². The van der Waals surface area contributed by atoms with E-state index in [1.54, 1.807) is 17.1 Å². The van der Waals surface area contributed by atoms with Crippen molar-refractivity contribution in [3.63, 3.8) is 0 Å². The molecule has 0 radical (unpaired) electrons. The normalized spacial score (nSPS) is 22.5. The van der Waals surface area contributed by atoms with Crippen LogP contribution in [-0.4, -0.2) is 63.5 Å². The Kier molecular flexibility index (Phi) is 4.74. The number of carbonyl (C=O) groups is 1. The Balaban J connectivity index is 1.36. The van der Waals surface area contributed by atoms with Gasteiger partial charge in [-0.15, -0.1) is 5.10 Å². The summed E-state index contributed by atoms with van der Waals surface area (Å²) in [4.78, 5) is 20.1. The first-order chi connectivity index (χ1) is 13.1. The SMILES string of the molecule is CC(=O)N1CCN(c2ccc(C3=NOC(Cn4ccnn4)C3)cc2)CC1F. The third kappa shape index (κ3) is 3.76. The van der Waals surface area contributed by atoms with E-state index in [4.69, 9.17) is 4.84 Å². The van der Waals surface area contributed by atoms with Crippen molar-refractivity contribution in [3.8, 4) is 0 Å². The van der Waals surface area contributed by atoms with Gasteiger partial charge in [-0.25, -0.2) is 9.07 Å². The Morgan fingerprint density at radius 3 is 2.78 bits per heavy atom. The van der Waals surface area contributed by atoms with E-state index in [1.165, 1.54) is 11.8 Å². The fourth-order valence-electron chi connectivity index (χ4n) is 3.43. The van der Waals surface area contributed by atoms with Crippen molar-refractivity contribution in [2.24, 2.45) is 5.16 Å². The lowest BCUT2D eigenvalue weighted by molar-refractivity contribution is -0.135. The predicted molar refractivity (Wildman–Crippen MR) is 97.0 cm³/mol. The van der Waals surface area contributed by atoms with Crippen molar-refractivity contribution in [1.82, 2.24) is 19.9 Å². The van der Waals surface area contributed by atoms with E-state index < -0.39 is 6.30 Å². The molecule has 1 aromatic heterocycles. The van der Waals surface area contributed by atoms with Gasteiger partial charge in [0, 0.05) is 38.3 Å². The topological polar surface area (TPSA) is 75.8 Å². The summed E-state index contributed by atoms with van der Waals surface area (Å²) in [6, 6.07) is 7.86. The van der Waals surface area contributed by atoms with Crippen molar-refractivity contribution in [2.45, 2.75) is 32.3 Å². The van der Waals surface area contributed by atoms with Gasteiger partial charge in [-0.3, -0.25) is 4.79 Å². The van der Waals surface area contributed by atoms with Gasteiger partial charge in [0.25, 0.3) is 0 Å². The highest BCUT2D eigenvalue weighted by Crippen LogP contribution is 2.23. The van der Waals surface area contributed by atoms with Crippen LogP contribution in [-0.2, 0) is 16.2 Å². The van der Waals surface area contributed by atoms with Gasteiger partial charge >= 0.3 is 0 Å². The van der Waals surface area contributed by atoms with Crippen LogP contribution in [0.1, 0.15) is 18.9 Å². The van der Waals surface area contributed by atoms with Gasteiger partial charge in [0.2, 0.25) is 5.91 Å². The summed E-state index contributed by atoms with van der Waals surface area (Å²) < 4.78 is 15.9. The highest BCUT2D eigenvalue weighted by atomic mass is 19.1. The molecule has 2 unspecified atom stereocenters. The first-order valence-corrected chi connectivity index (χ1v) is 8.93. The Hall–Kier alpha value is -2.97. The molecule has 8 nitrogen and oxygen atoms in total. The Labute approximate surface area is 156 Å². The summed E-state index contributed by atoms with van der Waals surface area (Å²) in [7, 11) is 0. The molecule has 1 amide bonds. The van der Waals surface area contributed by atoms with Gasteiger partial charge < -0.3 is 14.6 Å². The molecule has 0 bridgehead atoms. The third-order valence-electron chi connectivity index (χ3n) is 4.89. The molecule has 0 N–H and O–H groups in total. The summed E-state index contributed by atoms with van der Waals surface area (Å²) in [6.07, 6.45) is 2.78. The lowest BCUT2D eigenvalue weighted by Gasteiger charge is -2.38. The monoisotopic (exact) mass is 372 g/mol. The maximum absolute atomic E-state index is 14.2. The van der Waals surface area contributed by atoms with Crippen LogP contribution in [0.15, 0.2) is 41.8 Å². The molecule has 3 heterocycles. The van der Waals surface area contributed by atoms with E-state index in [0.29, 0.717) is 26.1 Å². The van der Waals surface area contributed by atoms with Crippen LogP contribution in [0.4, 0.5) is 10.1 Å². The second-order valence-corrected chi connectivity index (χ2v) is 6.73. The number of halogens is 1. The summed E-state index contributed by atoms with van der Waals surface area (Å²) >= 11 is 0. The van der Waals surface area contributed by atoms with Crippen molar-refractivity contribution in [1.29, 1.82) is 0 Å². The molecule has 1 saturated heterocycles. The quantitative estimate of drug-likeness (QED) is 0.759. The molecule has 2 aliphatic rings. The summed E-state index contributed by atoms with van der Waals surface area (Å²) in [5.41, 5.74) is 2.80. The van der Waals surface area contributed by atoms with E-state index >= 15 is 0 Å². The maximum Gasteiger partial charge on any atom is 0.221 e. The first kappa shape index (κ1) is 17.4. The summed E-state index contributed by atoms with van der Waals surface area (Å²) in [6.45, 7) is 3.19. The number of anilines is 1. The zero-order chi connectivity index (χ0) is 18.8. The van der Waals surface area contributed by atoms with Gasteiger partial charge in [0.15, 0.2) is 12.4 Å². The van der Waals surface area contributed by atoms with E-state index in [0.717, 1.165) is 17.0 Å². The molecule has 4 rings (SSSR count). The molecule has 2 aromatic rings. The zero-order valence-corrected chi connectivity index (χ0v) is 15.0. The molecule has 0 saturated carbocycles. The molecule has 2 aliphatic heterocycles. The van der Waals surface area contributed by atoms with Crippen LogP contribution < -0.4 is 4.90 Å². The van der Waals surface area contributed by atoms with Crippen molar-refractivity contribution < 1.29 is 14.0 Å². The number of hydrogen-bond donors (Lipinski definition) is 0. The van der Waals surface area contributed by atoms with E-state index in [9.17, 15) is 9.18 Å². The van der Waals surface area contributed by atoms with Crippen LogP contribution in [0.25, 0.3) is 0 Å². The Bertz CT molecular complexity index is 823. The predicted octanol–water partition coefficient (Wildman–Crippen LogP) is 1.44. The van der Waals surface area contributed by atoms with Gasteiger partial charge in [-0.05, 0) is 17.7 Å². The Morgan fingerprint density at radius 2 is 2.11 bits per heavy atom. The largest absolute Gasteiger partial charge is 0.390 e. The fourth-order valence-corrected chi connectivity index (χ4v) is 3.43. The van der Waals surface area contributed by atoms with Crippen LogP contribution in [0.3, 0.4) is 0 Å². The van der Waals surface area contributed by atoms with E-state index in [-0.39, 0.29) is 18.6 Å². The number of alkyl halides is 1. The minimum Gasteiger partial charge on any atom is -0.390 e. The van der Waals surface area contributed by atoms with Gasteiger partial charge in [-0.1, -0.05) is 22.5 Å². The molecule has 9 heteroatoms. The van der Waals surface area contributed by atoms with Crippen LogP contribution in [0.5, 0.6) is 0 Å². The average Bonchev–Trinajstić information content (AvgIpc) is 3.34. The van der Waals surface area contributed by atoms with E-state index in [2.05, 4.69) is 15.5 Å². The lowest BCUT2D eigenvalue weighted by Crippen LogP contribution is -2.52. The number of benzene rings is 1. The molecule has 0 spiro atoms. The second kappa shape index (κ2) is 7.34. The molecule has 142 valence electrons. The number of oxime groups is 1. The van der Waals surface area contributed by atoms with E-state index in [1.807, 2.05) is 29.2 Å².